The highest BCUT2D eigenvalue weighted by Crippen LogP contribution is 2.27. The molecule has 2 aromatic rings. The van der Waals surface area contributed by atoms with Crippen LogP contribution in [0.25, 0.3) is 0 Å². The van der Waals surface area contributed by atoms with E-state index in [-0.39, 0.29) is 11.7 Å². The van der Waals surface area contributed by atoms with E-state index in [1.807, 2.05) is 11.6 Å². The molecule has 1 aliphatic rings. The number of amides is 2. The molecule has 0 spiro atoms. The lowest BCUT2D eigenvalue weighted by Crippen LogP contribution is -2.19. The molecule has 1 saturated carbocycles. The van der Waals surface area contributed by atoms with Crippen LogP contribution >= 0.6 is 11.8 Å². The maximum absolute atomic E-state index is 12.3. The Morgan fingerprint density at radius 3 is 2.70 bits per heavy atom. The number of nitrogens with two attached hydrogens (primary N) is 1. The summed E-state index contributed by atoms with van der Waals surface area (Å²) in [4.78, 5) is 23.7. The third-order valence-corrected chi connectivity index (χ3v) is 5.94. The summed E-state index contributed by atoms with van der Waals surface area (Å²) < 4.78 is 1.98. The van der Waals surface area contributed by atoms with Crippen molar-refractivity contribution in [3.63, 3.8) is 0 Å². The fraction of sp³-hybridized carbons (Fsp3) is 0.474. The molecule has 0 saturated heterocycles. The van der Waals surface area contributed by atoms with E-state index in [9.17, 15) is 9.59 Å². The molecule has 0 atom stereocenters. The number of rotatable bonds is 7. The Morgan fingerprint density at radius 1 is 1.22 bits per heavy atom. The Morgan fingerprint density at radius 2 is 1.96 bits per heavy atom. The van der Waals surface area contributed by atoms with Crippen molar-refractivity contribution in [2.45, 2.75) is 43.7 Å². The van der Waals surface area contributed by atoms with Crippen molar-refractivity contribution < 1.29 is 9.59 Å². The largest absolute Gasteiger partial charge is 0.366 e. The first-order valence-corrected chi connectivity index (χ1v) is 10.2. The van der Waals surface area contributed by atoms with Crippen LogP contribution in [0.5, 0.6) is 0 Å². The Hall–Kier alpha value is -2.35. The molecular formula is C19H25N5O2S. The van der Waals surface area contributed by atoms with Crippen molar-refractivity contribution in [1.29, 1.82) is 0 Å². The quantitative estimate of drug-likeness (QED) is 0.711. The minimum atomic E-state index is -0.570. The summed E-state index contributed by atoms with van der Waals surface area (Å²) in [6.07, 6.45) is 7.41. The second-order valence-electron chi connectivity index (χ2n) is 6.91. The monoisotopic (exact) mass is 387 g/mol. The molecule has 2 amide bonds. The number of hydrogen-bond donors (Lipinski definition) is 2. The summed E-state index contributed by atoms with van der Waals surface area (Å²) in [5.74, 6) is 1.06. The van der Waals surface area contributed by atoms with Crippen LogP contribution in [0.2, 0.25) is 0 Å². The summed E-state index contributed by atoms with van der Waals surface area (Å²) >= 11 is 1.33. The van der Waals surface area contributed by atoms with Gasteiger partial charge in [-0.15, -0.1) is 10.2 Å². The van der Waals surface area contributed by atoms with Crippen molar-refractivity contribution in [2.24, 2.45) is 18.7 Å². The van der Waals surface area contributed by atoms with Crippen molar-refractivity contribution in [3.8, 4) is 0 Å². The molecular weight excluding hydrogens is 362 g/mol. The van der Waals surface area contributed by atoms with Gasteiger partial charge in [0.05, 0.1) is 17.0 Å². The first-order chi connectivity index (χ1) is 13.0. The van der Waals surface area contributed by atoms with Crippen LogP contribution in [0.15, 0.2) is 29.4 Å². The van der Waals surface area contributed by atoms with Gasteiger partial charge >= 0.3 is 0 Å². The summed E-state index contributed by atoms with van der Waals surface area (Å²) in [5, 5.41) is 12.0. The van der Waals surface area contributed by atoms with Crippen LogP contribution in [0, 0.1) is 5.92 Å². The Balaban J connectivity index is 1.55. The van der Waals surface area contributed by atoms with E-state index in [1.54, 1.807) is 24.3 Å². The van der Waals surface area contributed by atoms with Gasteiger partial charge in [-0.1, -0.05) is 56.0 Å². The second-order valence-corrected chi connectivity index (χ2v) is 7.86. The number of primary amides is 1. The lowest BCUT2D eigenvalue weighted by molar-refractivity contribution is -0.113. The predicted octanol–water partition coefficient (Wildman–Crippen LogP) is 2.77. The van der Waals surface area contributed by atoms with E-state index in [0.29, 0.717) is 17.2 Å². The molecule has 1 fully saturated rings. The zero-order valence-corrected chi connectivity index (χ0v) is 16.3. The Bertz CT molecular complexity index is 814. The smallest absolute Gasteiger partial charge is 0.250 e. The van der Waals surface area contributed by atoms with Gasteiger partial charge in [0.2, 0.25) is 5.91 Å². The van der Waals surface area contributed by atoms with E-state index in [4.69, 9.17) is 5.73 Å². The summed E-state index contributed by atoms with van der Waals surface area (Å²) in [5.41, 5.74) is 6.06. The van der Waals surface area contributed by atoms with Crippen LogP contribution in [-0.4, -0.2) is 32.3 Å². The normalized spacial score (nSPS) is 14.9. The minimum absolute atomic E-state index is 0.183. The lowest BCUT2D eigenvalue weighted by Gasteiger charge is -2.20. The van der Waals surface area contributed by atoms with Crippen LogP contribution in [-0.2, 0) is 18.3 Å². The maximum atomic E-state index is 12.3. The van der Waals surface area contributed by atoms with Gasteiger partial charge in [-0.05, 0) is 18.1 Å². The molecule has 8 heteroatoms. The predicted molar refractivity (Wildman–Crippen MR) is 106 cm³/mol. The average molecular weight is 388 g/mol. The fourth-order valence-electron chi connectivity index (χ4n) is 3.42. The van der Waals surface area contributed by atoms with Gasteiger partial charge in [0, 0.05) is 13.5 Å². The van der Waals surface area contributed by atoms with Crippen molar-refractivity contribution in [2.75, 3.05) is 11.1 Å². The van der Waals surface area contributed by atoms with E-state index in [1.165, 1.54) is 43.9 Å². The number of para-hydroxylation sites is 1. The van der Waals surface area contributed by atoms with E-state index < -0.39 is 5.91 Å². The molecule has 0 unspecified atom stereocenters. The number of anilines is 1. The van der Waals surface area contributed by atoms with Crippen LogP contribution in [0.3, 0.4) is 0 Å². The minimum Gasteiger partial charge on any atom is -0.366 e. The van der Waals surface area contributed by atoms with Crippen LogP contribution in [0.1, 0.15) is 48.3 Å². The van der Waals surface area contributed by atoms with Crippen LogP contribution in [0.4, 0.5) is 5.69 Å². The van der Waals surface area contributed by atoms with Crippen molar-refractivity contribution in [3.05, 3.63) is 35.7 Å². The number of nitrogens with zero attached hydrogens (tertiary/aromatic N) is 3. The average Bonchev–Trinajstić information content (AvgIpc) is 3.01. The number of hydrogen-bond acceptors (Lipinski definition) is 5. The third kappa shape index (κ3) is 5.09. The number of nitrogens with one attached hydrogen (secondary N) is 1. The van der Waals surface area contributed by atoms with Gasteiger partial charge in [0.15, 0.2) is 5.16 Å². The van der Waals surface area contributed by atoms with E-state index in [0.717, 1.165) is 17.4 Å². The highest BCUT2D eigenvalue weighted by molar-refractivity contribution is 7.99. The Kier molecular flexibility index (Phi) is 6.49. The molecule has 1 aromatic heterocycles. The molecule has 1 aliphatic carbocycles. The number of thioether (sulfide) groups is 1. The zero-order valence-electron chi connectivity index (χ0n) is 15.5. The second kappa shape index (κ2) is 9.03. The molecule has 1 aromatic carbocycles. The molecule has 0 aliphatic heterocycles. The highest BCUT2D eigenvalue weighted by Gasteiger charge is 2.19. The molecule has 1 heterocycles. The Labute approximate surface area is 163 Å². The van der Waals surface area contributed by atoms with E-state index in [2.05, 4.69) is 15.5 Å². The number of aromatic nitrogens is 3. The molecule has 0 bridgehead atoms. The molecule has 7 nitrogen and oxygen atoms in total. The van der Waals surface area contributed by atoms with Crippen LogP contribution < -0.4 is 11.1 Å². The molecule has 0 radical (unpaired) electrons. The third-order valence-electron chi connectivity index (χ3n) is 4.92. The first-order valence-electron chi connectivity index (χ1n) is 9.24. The number of carbonyl (C=O) groups excluding carboxylic acids is 2. The van der Waals surface area contributed by atoms with Gasteiger partial charge in [-0.2, -0.15) is 0 Å². The number of carbonyl (C=O) groups is 2. The molecule has 144 valence electrons. The standard InChI is InChI=1S/C19H25N5O2S/c1-24-16(11-13-7-3-2-4-8-13)22-23-19(24)27-12-17(25)21-15-10-6-5-9-14(15)18(20)26/h5-6,9-10,13H,2-4,7-8,11-12H2,1H3,(H2,20,26)(H,21,25). The SMILES string of the molecule is Cn1c(CC2CCCCC2)nnc1SCC(=O)Nc1ccccc1C(N)=O. The van der Waals surface area contributed by atoms with Gasteiger partial charge < -0.3 is 15.6 Å². The zero-order chi connectivity index (χ0) is 19.2. The highest BCUT2D eigenvalue weighted by atomic mass is 32.2. The first kappa shape index (κ1) is 19.4. The van der Waals surface area contributed by atoms with E-state index >= 15 is 0 Å². The molecule has 27 heavy (non-hydrogen) atoms. The summed E-state index contributed by atoms with van der Waals surface area (Å²) in [6.45, 7) is 0. The van der Waals surface area contributed by atoms with Crippen molar-refractivity contribution >= 4 is 29.3 Å². The van der Waals surface area contributed by atoms with Gasteiger partial charge in [-0.3, -0.25) is 9.59 Å². The van der Waals surface area contributed by atoms with Gasteiger partial charge in [-0.25, -0.2) is 0 Å². The molecule has 3 rings (SSSR count). The maximum Gasteiger partial charge on any atom is 0.250 e. The lowest BCUT2D eigenvalue weighted by atomic mass is 9.87. The summed E-state index contributed by atoms with van der Waals surface area (Å²) in [7, 11) is 1.95. The van der Waals surface area contributed by atoms with Crippen molar-refractivity contribution in [1.82, 2.24) is 14.8 Å². The summed E-state index contributed by atoms with van der Waals surface area (Å²) in [6, 6.07) is 6.70. The fourth-order valence-corrected chi connectivity index (χ4v) is 4.15. The number of benzene rings is 1. The molecule has 3 N–H and O–H groups in total. The topological polar surface area (TPSA) is 103 Å². The van der Waals surface area contributed by atoms with Gasteiger partial charge in [0.1, 0.15) is 5.82 Å². The van der Waals surface area contributed by atoms with Gasteiger partial charge in [0.25, 0.3) is 5.91 Å².